The lowest BCUT2D eigenvalue weighted by molar-refractivity contribution is 0.0526. The molecule has 0 atom stereocenters. The Kier molecular flexibility index (Phi) is 4.05. The third-order valence-electron chi connectivity index (χ3n) is 3.32. The molecule has 6 nitrogen and oxygen atoms in total. The smallest absolute Gasteiger partial charge is 0.338 e. The second kappa shape index (κ2) is 6.31. The van der Waals surface area contributed by atoms with Crippen molar-refractivity contribution in [3.05, 3.63) is 60.4 Å². The monoisotopic (exact) mass is 309 g/mol. The van der Waals surface area contributed by atoms with Gasteiger partial charge in [-0.15, -0.1) is 0 Å². The van der Waals surface area contributed by atoms with Crippen molar-refractivity contribution < 1.29 is 14.3 Å². The Morgan fingerprint density at radius 1 is 1.13 bits per heavy atom. The van der Waals surface area contributed by atoms with Crippen molar-refractivity contribution in [1.82, 2.24) is 9.55 Å². The molecule has 0 bridgehead atoms. The van der Waals surface area contributed by atoms with Crippen molar-refractivity contribution in [2.75, 3.05) is 11.9 Å². The summed E-state index contributed by atoms with van der Waals surface area (Å²) in [6, 6.07) is 13.6. The third kappa shape index (κ3) is 3.06. The van der Waals surface area contributed by atoms with Gasteiger partial charge in [-0.3, -0.25) is 4.57 Å². The molecule has 23 heavy (non-hydrogen) atoms. The van der Waals surface area contributed by atoms with Gasteiger partial charge in [0.15, 0.2) is 0 Å². The molecule has 0 aliphatic heterocycles. The molecule has 0 saturated heterocycles. The standard InChI is InChI=1S/C17H15N3O3/c1-2-23-16(21)12-7-9-13(10-8-12)19-17(22)20-11-18-14-5-3-4-6-15(14)20/h3-11H,2H2,1H3,(H,19,22). The van der Waals surface area contributed by atoms with Crippen LogP contribution in [0.15, 0.2) is 54.9 Å². The van der Waals surface area contributed by atoms with E-state index in [9.17, 15) is 9.59 Å². The molecule has 0 fully saturated rings. The topological polar surface area (TPSA) is 73.2 Å². The average Bonchev–Trinajstić information content (AvgIpc) is 3.00. The highest BCUT2D eigenvalue weighted by atomic mass is 16.5. The van der Waals surface area contributed by atoms with Crippen LogP contribution in [-0.4, -0.2) is 28.2 Å². The van der Waals surface area contributed by atoms with E-state index < -0.39 is 0 Å². The molecule has 116 valence electrons. The lowest BCUT2D eigenvalue weighted by atomic mass is 10.2. The third-order valence-corrected chi connectivity index (χ3v) is 3.32. The maximum Gasteiger partial charge on any atom is 0.338 e. The highest BCUT2D eigenvalue weighted by Gasteiger charge is 2.11. The fraction of sp³-hybridized carbons (Fsp3) is 0.118. The number of benzene rings is 2. The van der Waals surface area contributed by atoms with Gasteiger partial charge in [-0.2, -0.15) is 0 Å². The van der Waals surface area contributed by atoms with Crippen LogP contribution in [0.4, 0.5) is 10.5 Å². The number of para-hydroxylation sites is 2. The van der Waals surface area contributed by atoms with E-state index in [1.54, 1.807) is 31.2 Å². The fourth-order valence-corrected chi connectivity index (χ4v) is 2.21. The number of imidazole rings is 1. The summed E-state index contributed by atoms with van der Waals surface area (Å²) in [4.78, 5) is 28.1. The van der Waals surface area contributed by atoms with Crippen LogP contribution in [0.5, 0.6) is 0 Å². The summed E-state index contributed by atoms with van der Waals surface area (Å²) >= 11 is 0. The number of esters is 1. The van der Waals surface area contributed by atoms with Crippen LogP contribution in [0.25, 0.3) is 11.0 Å². The van der Waals surface area contributed by atoms with E-state index >= 15 is 0 Å². The number of nitrogens with zero attached hydrogens (tertiary/aromatic N) is 2. The fourth-order valence-electron chi connectivity index (χ4n) is 2.21. The molecule has 1 amide bonds. The zero-order valence-corrected chi connectivity index (χ0v) is 12.5. The van der Waals surface area contributed by atoms with Gasteiger partial charge in [0.1, 0.15) is 6.33 Å². The Morgan fingerprint density at radius 3 is 2.61 bits per heavy atom. The van der Waals surface area contributed by atoms with Crippen LogP contribution < -0.4 is 5.32 Å². The molecule has 1 heterocycles. The quantitative estimate of drug-likeness (QED) is 0.753. The number of carbonyl (C=O) groups excluding carboxylic acids is 2. The van der Waals surface area contributed by atoms with Crippen LogP contribution in [0.3, 0.4) is 0 Å². The first-order valence-electron chi connectivity index (χ1n) is 7.19. The number of nitrogens with one attached hydrogen (secondary N) is 1. The van der Waals surface area contributed by atoms with E-state index in [0.717, 1.165) is 11.0 Å². The molecule has 0 aliphatic rings. The number of hydrogen-bond acceptors (Lipinski definition) is 4. The van der Waals surface area contributed by atoms with Crippen LogP contribution >= 0.6 is 0 Å². The maximum atomic E-state index is 12.3. The lowest BCUT2D eigenvalue weighted by Gasteiger charge is -2.07. The van der Waals surface area contributed by atoms with Crippen molar-refractivity contribution in [2.45, 2.75) is 6.92 Å². The molecule has 1 aromatic heterocycles. The molecular formula is C17H15N3O3. The van der Waals surface area contributed by atoms with E-state index in [2.05, 4.69) is 10.3 Å². The molecule has 3 aromatic rings. The second-order valence-corrected chi connectivity index (χ2v) is 4.83. The Bertz CT molecular complexity index is 853. The average molecular weight is 309 g/mol. The first-order chi connectivity index (χ1) is 11.2. The molecule has 6 heteroatoms. The van der Waals surface area contributed by atoms with Gasteiger partial charge >= 0.3 is 12.0 Å². The van der Waals surface area contributed by atoms with E-state index in [4.69, 9.17) is 4.74 Å². The highest BCUT2D eigenvalue weighted by molar-refractivity contribution is 5.97. The Labute approximate surface area is 132 Å². The predicted octanol–water partition coefficient (Wildman–Crippen LogP) is 3.29. The minimum absolute atomic E-state index is 0.317. The van der Waals surface area contributed by atoms with Gasteiger partial charge in [0.25, 0.3) is 0 Å². The number of anilines is 1. The maximum absolute atomic E-state index is 12.3. The molecular weight excluding hydrogens is 294 g/mol. The van der Waals surface area contributed by atoms with E-state index in [1.165, 1.54) is 10.9 Å². The number of fused-ring (bicyclic) bond motifs is 1. The molecule has 0 unspecified atom stereocenters. The molecule has 1 N–H and O–H groups in total. The Morgan fingerprint density at radius 2 is 1.87 bits per heavy atom. The number of rotatable bonds is 3. The van der Waals surface area contributed by atoms with Gasteiger partial charge in [0.05, 0.1) is 23.2 Å². The largest absolute Gasteiger partial charge is 0.462 e. The van der Waals surface area contributed by atoms with Gasteiger partial charge in [0.2, 0.25) is 0 Å². The molecule has 0 saturated carbocycles. The van der Waals surface area contributed by atoms with Crippen molar-refractivity contribution in [2.24, 2.45) is 0 Å². The molecule has 3 rings (SSSR count). The zero-order valence-electron chi connectivity index (χ0n) is 12.5. The molecule has 0 aliphatic carbocycles. The van der Waals surface area contributed by atoms with E-state index in [1.807, 2.05) is 24.3 Å². The van der Waals surface area contributed by atoms with Crippen molar-refractivity contribution >= 4 is 28.7 Å². The lowest BCUT2D eigenvalue weighted by Crippen LogP contribution is -2.18. The van der Waals surface area contributed by atoms with Crippen LogP contribution in [0, 0.1) is 0 Å². The predicted molar refractivity (Wildman–Crippen MR) is 86.5 cm³/mol. The first-order valence-corrected chi connectivity index (χ1v) is 7.19. The molecule has 0 radical (unpaired) electrons. The summed E-state index contributed by atoms with van der Waals surface area (Å²) in [7, 11) is 0. The zero-order chi connectivity index (χ0) is 16.2. The van der Waals surface area contributed by atoms with Crippen molar-refractivity contribution in [3.8, 4) is 0 Å². The minimum Gasteiger partial charge on any atom is -0.462 e. The Balaban J connectivity index is 1.76. The van der Waals surface area contributed by atoms with E-state index in [-0.39, 0.29) is 12.0 Å². The number of aromatic nitrogens is 2. The highest BCUT2D eigenvalue weighted by Crippen LogP contribution is 2.14. The van der Waals surface area contributed by atoms with Gasteiger partial charge in [0, 0.05) is 5.69 Å². The van der Waals surface area contributed by atoms with E-state index in [0.29, 0.717) is 17.9 Å². The van der Waals surface area contributed by atoms with Gasteiger partial charge < -0.3 is 10.1 Å². The number of carbonyl (C=O) groups is 2. The van der Waals surface area contributed by atoms with Crippen molar-refractivity contribution in [3.63, 3.8) is 0 Å². The van der Waals surface area contributed by atoms with Crippen LogP contribution in [-0.2, 0) is 4.74 Å². The normalized spacial score (nSPS) is 10.5. The SMILES string of the molecule is CCOC(=O)c1ccc(NC(=O)n2cnc3ccccc32)cc1. The summed E-state index contributed by atoms with van der Waals surface area (Å²) in [5, 5.41) is 2.77. The summed E-state index contributed by atoms with van der Waals surface area (Å²) < 4.78 is 6.36. The summed E-state index contributed by atoms with van der Waals surface area (Å²) in [6.07, 6.45) is 1.48. The summed E-state index contributed by atoms with van der Waals surface area (Å²) in [6.45, 7) is 2.08. The minimum atomic E-state index is -0.383. The van der Waals surface area contributed by atoms with Crippen molar-refractivity contribution in [1.29, 1.82) is 0 Å². The Hall–Kier alpha value is -3.15. The van der Waals surface area contributed by atoms with Gasteiger partial charge in [-0.1, -0.05) is 12.1 Å². The van der Waals surface area contributed by atoms with Crippen LogP contribution in [0.1, 0.15) is 17.3 Å². The van der Waals surface area contributed by atoms with Crippen LogP contribution in [0.2, 0.25) is 0 Å². The molecule has 2 aromatic carbocycles. The number of hydrogen-bond donors (Lipinski definition) is 1. The second-order valence-electron chi connectivity index (χ2n) is 4.83. The van der Waals surface area contributed by atoms with Gasteiger partial charge in [-0.25, -0.2) is 14.6 Å². The first kappa shape index (κ1) is 14.8. The number of ether oxygens (including phenoxy) is 1. The molecule has 0 spiro atoms. The number of amides is 1. The van der Waals surface area contributed by atoms with Gasteiger partial charge in [-0.05, 0) is 43.3 Å². The summed E-state index contributed by atoms with van der Waals surface area (Å²) in [5.41, 5.74) is 2.51. The summed E-state index contributed by atoms with van der Waals surface area (Å²) in [5.74, 6) is -0.383.